The highest BCUT2D eigenvalue weighted by molar-refractivity contribution is 14.1. The molecule has 2 amide bonds. The van der Waals surface area contributed by atoms with Gasteiger partial charge in [-0.2, -0.15) is 4.98 Å². The first-order valence-electron chi connectivity index (χ1n) is 16.8. The molecular weight excluding hydrogens is 852 g/mol. The lowest BCUT2D eigenvalue weighted by Gasteiger charge is -2.20. The number of benzene rings is 4. The molecule has 0 saturated heterocycles. The Morgan fingerprint density at radius 2 is 1.11 bits per heavy atom. The normalized spacial score (nSPS) is 11.0. The smallest absolute Gasteiger partial charge is 0.412 e. The van der Waals surface area contributed by atoms with Crippen molar-refractivity contribution >= 4 is 91.2 Å². The second-order valence-electron chi connectivity index (χ2n) is 13.4. The van der Waals surface area contributed by atoms with E-state index in [1.165, 1.54) is 11.8 Å². The quantitative estimate of drug-likeness (QED) is 0.0479. The minimum absolute atomic E-state index is 0.185. The summed E-state index contributed by atoms with van der Waals surface area (Å²) in [6.07, 6.45) is 6.29. The van der Waals surface area contributed by atoms with Gasteiger partial charge in [-0.15, -0.1) is 0 Å². The van der Waals surface area contributed by atoms with Crippen molar-refractivity contribution in [2.24, 2.45) is 0 Å². The van der Waals surface area contributed by atoms with Gasteiger partial charge in [0.1, 0.15) is 26.4 Å². The maximum absolute atomic E-state index is 12.1. The number of hydrogen-bond acceptors (Lipinski definition) is 12. The van der Waals surface area contributed by atoms with Crippen LogP contribution in [-0.2, 0) is 9.47 Å². The van der Waals surface area contributed by atoms with Gasteiger partial charge in [0, 0.05) is 40.0 Å². The Labute approximate surface area is 342 Å². The van der Waals surface area contributed by atoms with Gasteiger partial charge in [0.2, 0.25) is 5.88 Å². The van der Waals surface area contributed by atoms with E-state index in [9.17, 15) is 14.7 Å². The molecule has 288 valence electrons. The molecule has 6 aromatic rings. The molecule has 0 unspecified atom stereocenters. The number of nitrogens with zero attached hydrogens (tertiary/aromatic N) is 4. The number of aromatic nitrogens is 4. The fraction of sp³-hybridized carbons (Fsp3) is 0.250. The number of thioether (sulfide) groups is 2. The number of fused-ring (bicyclic) bond motifs is 2. The van der Waals surface area contributed by atoms with Crippen molar-refractivity contribution in [2.45, 2.75) is 63.1 Å². The number of halogens is 1. The number of aromatic hydroxyl groups is 1. The third-order valence-electron chi connectivity index (χ3n) is 6.84. The molecule has 55 heavy (non-hydrogen) atoms. The number of carbonyl (C=O) groups excluding carboxylic acids is 2. The van der Waals surface area contributed by atoms with Crippen LogP contribution >= 0.6 is 46.1 Å². The van der Waals surface area contributed by atoms with Crippen molar-refractivity contribution in [3.05, 3.63) is 101 Å². The molecule has 2 heterocycles. The predicted molar refractivity (Wildman–Crippen MR) is 230 cm³/mol. The van der Waals surface area contributed by atoms with Gasteiger partial charge in [-0.05, 0) is 107 Å². The molecule has 0 atom stereocenters. The van der Waals surface area contributed by atoms with E-state index in [1.807, 2.05) is 103 Å². The second kappa shape index (κ2) is 19.6. The maximum Gasteiger partial charge on any atom is 0.412 e. The molecule has 0 saturated carbocycles. The molecular formula is C40H43IN6O6S2. The van der Waals surface area contributed by atoms with E-state index in [1.54, 1.807) is 60.6 Å². The van der Waals surface area contributed by atoms with Crippen molar-refractivity contribution in [1.29, 1.82) is 0 Å². The molecule has 0 aliphatic carbocycles. The number of phenols is 1. The van der Waals surface area contributed by atoms with Gasteiger partial charge < -0.3 is 19.3 Å². The third kappa shape index (κ3) is 13.7. The lowest BCUT2D eigenvalue weighted by atomic mass is 10.1. The van der Waals surface area contributed by atoms with Gasteiger partial charge in [0.05, 0.1) is 11.4 Å². The summed E-state index contributed by atoms with van der Waals surface area (Å²) < 4.78 is 17.5. The number of ether oxygens (including phenoxy) is 3. The highest BCUT2D eigenvalue weighted by Crippen LogP contribution is 2.35. The SMILES string of the molecule is CC(C)(C)OC(=O)Nc1ccc(O)c2ccccc12.CSc1nccc(I)n1.CSc1nccc(Oc2ccc(NC(=O)OC(C)(C)C)c3ccccc23)n1. The monoisotopic (exact) mass is 894 g/mol. The van der Waals surface area contributed by atoms with Crippen LogP contribution in [0.2, 0.25) is 0 Å². The number of phenolic OH excluding ortho intramolecular Hbond substituents is 1. The Kier molecular flexibility index (Phi) is 15.3. The number of carbonyl (C=O) groups is 2. The molecule has 12 nitrogen and oxygen atoms in total. The topological polar surface area (TPSA) is 158 Å². The number of amides is 2. The Balaban J connectivity index is 0.000000207. The van der Waals surface area contributed by atoms with Crippen molar-refractivity contribution in [3.63, 3.8) is 0 Å². The van der Waals surface area contributed by atoms with E-state index in [0.29, 0.717) is 33.5 Å². The van der Waals surface area contributed by atoms with E-state index in [2.05, 4.69) is 53.2 Å². The summed E-state index contributed by atoms with van der Waals surface area (Å²) >= 11 is 5.17. The third-order valence-corrected chi connectivity index (χ3v) is 8.57. The molecule has 4 aromatic carbocycles. The zero-order valence-corrected chi connectivity index (χ0v) is 35.5. The van der Waals surface area contributed by atoms with Gasteiger partial charge in [-0.25, -0.2) is 24.5 Å². The Morgan fingerprint density at radius 1 is 0.636 bits per heavy atom. The summed E-state index contributed by atoms with van der Waals surface area (Å²) in [7, 11) is 0. The Morgan fingerprint density at radius 3 is 1.62 bits per heavy atom. The minimum atomic E-state index is -0.565. The van der Waals surface area contributed by atoms with Crippen molar-refractivity contribution in [1.82, 2.24) is 19.9 Å². The molecule has 3 N–H and O–H groups in total. The van der Waals surface area contributed by atoms with Gasteiger partial charge in [0.25, 0.3) is 0 Å². The minimum Gasteiger partial charge on any atom is -0.507 e. The fourth-order valence-corrected chi connectivity index (χ4v) is 5.96. The zero-order valence-electron chi connectivity index (χ0n) is 31.7. The molecule has 0 aliphatic heterocycles. The zero-order chi connectivity index (χ0) is 40.2. The summed E-state index contributed by atoms with van der Waals surface area (Å²) in [5.41, 5.74) is 0.157. The average molecular weight is 895 g/mol. The average Bonchev–Trinajstić information content (AvgIpc) is 3.13. The summed E-state index contributed by atoms with van der Waals surface area (Å²) in [4.78, 5) is 40.5. The molecule has 0 bridgehead atoms. The molecule has 6 rings (SSSR count). The number of hydrogen-bond donors (Lipinski definition) is 3. The van der Waals surface area contributed by atoms with Crippen LogP contribution in [0.15, 0.2) is 108 Å². The first-order valence-corrected chi connectivity index (χ1v) is 20.4. The van der Waals surface area contributed by atoms with Crippen molar-refractivity contribution in [3.8, 4) is 17.4 Å². The van der Waals surface area contributed by atoms with Gasteiger partial charge in [0.15, 0.2) is 10.3 Å². The molecule has 0 aliphatic rings. The molecule has 0 spiro atoms. The predicted octanol–water partition coefficient (Wildman–Crippen LogP) is 11.2. The van der Waals surface area contributed by atoms with Crippen molar-refractivity contribution < 1.29 is 28.9 Å². The van der Waals surface area contributed by atoms with Crippen LogP contribution in [0.4, 0.5) is 21.0 Å². The summed E-state index contributed by atoms with van der Waals surface area (Å²) in [6, 6.07) is 25.4. The van der Waals surface area contributed by atoms with Crippen LogP contribution < -0.4 is 15.4 Å². The number of nitrogens with one attached hydrogen (secondary N) is 2. The molecule has 0 fully saturated rings. The van der Waals surface area contributed by atoms with E-state index >= 15 is 0 Å². The van der Waals surface area contributed by atoms with Gasteiger partial charge in [-0.1, -0.05) is 72.1 Å². The van der Waals surface area contributed by atoms with Crippen LogP contribution in [0, 0.1) is 3.70 Å². The number of anilines is 2. The summed E-state index contributed by atoms with van der Waals surface area (Å²) in [5, 5.41) is 19.9. The summed E-state index contributed by atoms with van der Waals surface area (Å²) in [5.74, 6) is 1.30. The van der Waals surface area contributed by atoms with Crippen LogP contribution in [0.5, 0.6) is 17.4 Å². The molecule has 2 aromatic heterocycles. The summed E-state index contributed by atoms with van der Waals surface area (Å²) in [6.45, 7) is 10.9. The second-order valence-corrected chi connectivity index (χ2v) is 16.1. The lowest BCUT2D eigenvalue weighted by molar-refractivity contribution is 0.0624. The van der Waals surface area contributed by atoms with E-state index in [-0.39, 0.29) is 5.75 Å². The van der Waals surface area contributed by atoms with Crippen LogP contribution in [0.1, 0.15) is 41.5 Å². The standard InChI is InChI=1S/C20H21N3O3S.C15H17NO3.C5H5IN2S/c1-20(2,3)26-19(24)22-15-9-10-16(14-8-6-5-7-13(14)15)25-17-11-12-21-18(23-17)27-4;1-15(2,3)19-14(18)16-12-8-9-13(17)11-7-5-4-6-10(11)12;1-9-5-7-3-2-4(6)8-5/h5-12H,1-4H3,(H,22,24);4-9,17H,1-3H3,(H,16,18);2-3H,1H3. The Hall–Kier alpha value is -4.87. The van der Waals surface area contributed by atoms with E-state index in [0.717, 1.165) is 25.0 Å². The van der Waals surface area contributed by atoms with Gasteiger partial charge in [-0.3, -0.25) is 10.6 Å². The van der Waals surface area contributed by atoms with E-state index < -0.39 is 23.4 Å². The Bertz CT molecular complexity index is 2250. The number of rotatable bonds is 6. The molecule has 15 heteroatoms. The maximum atomic E-state index is 12.1. The highest BCUT2D eigenvalue weighted by Gasteiger charge is 2.19. The lowest BCUT2D eigenvalue weighted by Crippen LogP contribution is -2.27. The fourth-order valence-electron chi connectivity index (χ4n) is 4.70. The van der Waals surface area contributed by atoms with Crippen molar-refractivity contribution in [2.75, 3.05) is 23.1 Å². The van der Waals surface area contributed by atoms with E-state index in [4.69, 9.17) is 14.2 Å². The van der Waals surface area contributed by atoms with Gasteiger partial charge >= 0.3 is 12.2 Å². The van der Waals surface area contributed by atoms with Crippen LogP contribution in [0.25, 0.3) is 21.5 Å². The first kappa shape index (κ1) is 42.9. The molecule has 0 radical (unpaired) electrons. The first-order chi connectivity index (χ1) is 26.0. The highest BCUT2D eigenvalue weighted by atomic mass is 127. The van der Waals surface area contributed by atoms with Crippen LogP contribution in [-0.4, -0.2) is 60.9 Å². The largest absolute Gasteiger partial charge is 0.507 e. The van der Waals surface area contributed by atoms with Crippen LogP contribution in [0.3, 0.4) is 0 Å².